The van der Waals surface area contributed by atoms with Gasteiger partial charge in [0.05, 0.1) is 42.0 Å². The summed E-state index contributed by atoms with van der Waals surface area (Å²) in [7, 11) is 2.48. The van der Waals surface area contributed by atoms with Crippen LogP contribution in [0.2, 0.25) is 5.02 Å². The molecule has 1 fully saturated rings. The number of morpholine rings is 1. The SMILES string of the molecule is COC(=O)[C@H](Cc1ccc(-c2c(C(F)(F)F)cc(C)n(C)c2=O)c2nccn12)NC(=O)c1c(F)cc(N2CCOC[C@@H]2C)cc1Cl. The Balaban J connectivity index is 1.49. The zero-order chi connectivity index (χ0) is 33.5. The zero-order valence-corrected chi connectivity index (χ0v) is 26.0. The number of hydrogen-bond acceptors (Lipinski definition) is 7. The first-order chi connectivity index (χ1) is 21.7. The van der Waals surface area contributed by atoms with Gasteiger partial charge in [0.15, 0.2) is 0 Å². The lowest BCUT2D eigenvalue weighted by Crippen LogP contribution is -2.44. The van der Waals surface area contributed by atoms with Gasteiger partial charge in [-0.15, -0.1) is 0 Å². The number of halogens is 5. The Kier molecular flexibility index (Phi) is 9.14. The predicted octanol–water partition coefficient (Wildman–Crippen LogP) is 4.56. The van der Waals surface area contributed by atoms with Crippen LogP contribution in [0.1, 0.15) is 34.2 Å². The van der Waals surface area contributed by atoms with E-state index in [9.17, 15) is 27.6 Å². The second-order valence-electron chi connectivity index (χ2n) is 11.0. The van der Waals surface area contributed by atoms with E-state index >= 15 is 4.39 Å². The van der Waals surface area contributed by atoms with Gasteiger partial charge >= 0.3 is 12.1 Å². The molecule has 0 unspecified atom stereocenters. The number of ether oxygens (including phenoxy) is 2. The van der Waals surface area contributed by atoms with Crippen LogP contribution < -0.4 is 15.8 Å². The normalized spacial score (nSPS) is 16.0. The third kappa shape index (κ3) is 6.18. The van der Waals surface area contributed by atoms with Crippen molar-refractivity contribution < 1.29 is 36.6 Å². The maximum Gasteiger partial charge on any atom is 0.417 e. The van der Waals surface area contributed by atoms with Crippen molar-refractivity contribution in [1.82, 2.24) is 19.3 Å². The Morgan fingerprint density at radius 3 is 2.63 bits per heavy atom. The van der Waals surface area contributed by atoms with Crippen LogP contribution in [0.15, 0.2) is 47.5 Å². The van der Waals surface area contributed by atoms with Crippen molar-refractivity contribution >= 4 is 34.8 Å². The molecule has 0 spiro atoms. The highest BCUT2D eigenvalue weighted by Gasteiger charge is 2.37. The first-order valence-electron chi connectivity index (χ1n) is 14.2. The molecule has 0 radical (unpaired) electrons. The molecule has 1 aromatic carbocycles. The van der Waals surface area contributed by atoms with Gasteiger partial charge in [-0.3, -0.25) is 9.59 Å². The molecule has 0 bridgehead atoms. The predicted molar refractivity (Wildman–Crippen MR) is 162 cm³/mol. The summed E-state index contributed by atoms with van der Waals surface area (Å²) in [6.07, 6.45) is -2.29. The Bertz CT molecular complexity index is 1870. The summed E-state index contributed by atoms with van der Waals surface area (Å²) < 4.78 is 70.4. The van der Waals surface area contributed by atoms with Gasteiger partial charge < -0.3 is 28.7 Å². The number of alkyl halides is 3. The van der Waals surface area contributed by atoms with Crippen molar-refractivity contribution in [2.45, 2.75) is 38.5 Å². The average Bonchev–Trinajstić information content (AvgIpc) is 3.49. The Morgan fingerprint density at radius 1 is 1.24 bits per heavy atom. The van der Waals surface area contributed by atoms with Crippen molar-refractivity contribution in [3.8, 4) is 11.1 Å². The van der Waals surface area contributed by atoms with Gasteiger partial charge in [0.1, 0.15) is 17.5 Å². The number of esters is 1. The van der Waals surface area contributed by atoms with Crippen LogP contribution >= 0.6 is 11.6 Å². The zero-order valence-electron chi connectivity index (χ0n) is 25.2. The van der Waals surface area contributed by atoms with Gasteiger partial charge in [-0.25, -0.2) is 14.2 Å². The van der Waals surface area contributed by atoms with Crippen LogP contribution in [0, 0.1) is 12.7 Å². The Labute approximate surface area is 265 Å². The molecule has 0 saturated carbocycles. The summed E-state index contributed by atoms with van der Waals surface area (Å²) in [6, 6.07) is 4.86. The molecule has 5 rings (SSSR count). The fourth-order valence-corrected chi connectivity index (χ4v) is 5.85. The smallest absolute Gasteiger partial charge is 0.417 e. The topological polar surface area (TPSA) is 107 Å². The number of carbonyl (C=O) groups is 2. The van der Waals surface area contributed by atoms with Crippen LogP contribution in [0.4, 0.5) is 23.2 Å². The molecule has 15 heteroatoms. The van der Waals surface area contributed by atoms with E-state index in [0.29, 0.717) is 31.1 Å². The largest absolute Gasteiger partial charge is 0.467 e. The first kappa shape index (κ1) is 32.9. The molecule has 4 aromatic rings. The lowest BCUT2D eigenvalue weighted by atomic mass is 9.99. The highest BCUT2D eigenvalue weighted by atomic mass is 35.5. The molecule has 2 atom stereocenters. The summed E-state index contributed by atoms with van der Waals surface area (Å²) in [6.45, 7) is 4.70. The minimum atomic E-state index is -4.83. The summed E-state index contributed by atoms with van der Waals surface area (Å²) in [5, 5.41) is 2.30. The highest BCUT2D eigenvalue weighted by molar-refractivity contribution is 6.34. The van der Waals surface area contributed by atoms with Gasteiger partial charge in [0, 0.05) is 61.1 Å². The Hall–Kier alpha value is -4.43. The molecule has 10 nitrogen and oxygen atoms in total. The molecule has 4 heterocycles. The minimum Gasteiger partial charge on any atom is -0.467 e. The number of benzene rings is 1. The monoisotopic (exact) mass is 663 g/mol. The fraction of sp³-hybridized carbons (Fsp3) is 0.355. The number of nitrogens with one attached hydrogen (secondary N) is 1. The fourth-order valence-electron chi connectivity index (χ4n) is 5.56. The Morgan fingerprint density at radius 2 is 1.98 bits per heavy atom. The molecule has 46 heavy (non-hydrogen) atoms. The van der Waals surface area contributed by atoms with Gasteiger partial charge in [0.25, 0.3) is 11.5 Å². The molecule has 1 aliphatic rings. The van der Waals surface area contributed by atoms with Crippen LogP contribution in [0.25, 0.3) is 16.8 Å². The standard InChI is InChI=1S/C31H30ClF4N5O5/c1-16-11-21(31(34,35)36)25(29(43)39(16)3)20-6-5-18(41-8-7-37-27(20)41)14-24(30(44)45-4)38-28(42)26-22(32)12-19(13-23(26)33)40-9-10-46-15-17(40)2/h5-8,11-13,17,24H,9-10,14-15H2,1-4H3,(H,38,42)/t17-,24-/m0/s1. The first-order valence-corrected chi connectivity index (χ1v) is 14.6. The van der Waals surface area contributed by atoms with Crippen LogP contribution in [0.3, 0.4) is 0 Å². The van der Waals surface area contributed by atoms with E-state index in [1.54, 1.807) is 0 Å². The summed E-state index contributed by atoms with van der Waals surface area (Å²) in [5.41, 5.74) is -2.18. The molecule has 1 N–H and O–H groups in total. The van der Waals surface area contributed by atoms with E-state index in [1.807, 2.05) is 11.8 Å². The van der Waals surface area contributed by atoms with Gasteiger partial charge in [-0.1, -0.05) is 11.6 Å². The van der Waals surface area contributed by atoms with Crippen molar-refractivity contribution in [3.05, 3.63) is 86.4 Å². The van der Waals surface area contributed by atoms with Gasteiger partial charge in [-0.2, -0.15) is 13.2 Å². The molecular formula is C31H30ClF4N5O5. The molecular weight excluding hydrogens is 634 g/mol. The number of fused-ring (bicyclic) bond motifs is 1. The molecule has 0 aliphatic carbocycles. The van der Waals surface area contributed by atoms with Crippen LogP contribution in [0.5, 0.6) is 0 Å². The van der Waals surface area contributed by atoms with Crippen LogP contribution in [-0.4, -0.2) is 64.8 Å². The second kappa shape index (κ2) is 12.8. The number of pyridine rings is 2. The highest BCUT2D eigenvalue weighted by Crippen LogP contribution is 2.37. The minimum absolute atomic E-state index is 0.0147. The maximum atomic E-state index is 15.3. The van der Waals surface area contributed by atoms with Crippen molar-refractivity contribution in [1.29, 1.82) is 0 Å². The number of methoxy groups -OCH3 is 1. The molecule has 3 aromatic heterocycles. The van der Waals surface area contributed by atoms with E-state index in [1.165, 1.54) is 55.0 Å². The van der Waals surface area contributed by atoms with Crippen molar-refractivity contribution in [3.63, 3.8) is 0 Å². The number of amides is 1. The number of rotatable bonds is 7. The quantitative estimate of drug-likeness (QED) is 0.228. The number of hydrogen-bond donors (Lipinski definition) is 1. The molecule has 1 saturated heterocycles. The molecule has 1 aliphatic heterocycles. The number of anilines is 1. The van der Waals surface area contributed by atoms with Gasteiger partial charge in [0.2, 0.25) is 0 Å². The number of nitrogens with zero attached hydrogens (tertiary/aromatic N) is 4. The lowest BCUT2D eigenvalue weighted by Gasteiger charge is -2.35. The third-order valence-electron chi connectivity index (χ3n) is 8.04. The number of aryl methyl sites for hydroxylation is 1. The van der Waals surface area contributed by atoms with E-state index in [0.717, 1.165) is 17.7 Å². The lowest BCUT2D eigenvalue weighted by molar-refractivity contribution is -0.143. The number of aromatic nitrogens is 3. The maximum absolute atomic E-state index is 15.3. The molecule has 1 amide bonds. The number of imidazole rings is 1. The van der Waals surface area contributed by atoms with E-state index in [4.69, 9.17) is 21.1 Å². The van der Waals surface area contributed by atoms with E-state index in [-0.39, 0.29) is 34.4 Å². The molecule has 244 valence electrons. The third-order valence-corrected chi connectivity index (χ3v) is 8.33. The number of carbonyl (C=O) groups excluding carboxylic acids is 2. The summed E-state index contributed by atoms with van der Waals surface area (Å²) in [5.74, 6) is -2.74. The van der Waals surface area contributed by atoms with Gasteiger partial charge in [-0.05, 0) is 44.2 Å². The summed E-state index contributed by atoms with van der Waals surface area (Å²) >= 11 is 6.38. The van der Waals surface area contributed by atoms with Crippen LogP contribution in [-0.2, 0) is 33.9 Å². The van der Waals surface area contributed by atoms with Crippen molar-refractivity contribution in [2.75, 3.05) is 31.8 Å². The summed E-state index contributed by atoms with van der Waals surface area (Å²) in [4.78, 5) is 45.3. The van der Waals surface area contributed by atoms with Crippen molar-refractivity contribution in [2.24, 2.45) is 7.05 Å². The van der Waals surface area contributed by atoms with E-state index in [2.05, 4.69) is 10.3 Å². The average molecular weight is 664 g/mol. The second-order valence-corrected chi connectivity index (χ2v) is 11.4. The van der Waals surface area contributed by atoms with E-state index < -0.39 is 52.2 Å².